The van der Waals surface area contributed by atoms with Gasteiger partial charge in [0.05, 0.1) is 11.2 Å². The number of hydrogen-bond acceptors (Lipinski definition) is 19. The Morgan fingerprint density at radius 3 is 1.16 bits per heavy atom. The summed E-state index contributed by atoms with van der Waals surface area (Å²) in [5.74, 6) is -2.65. The second-order valence-corrected chi connectivity index (χ2v) is 30.4. The van der Waals surface area contributed by atoms with E-state index in [0.717, 1.165) is 40.9 Å². The van der Waals surface area contributed by atoms with E-state index >= 15 is 0 Å². The molecule has 3 aromatic rings. The van der Waals surface area contributed by atoms with Gasteiger partial charge in [0.25, 0.3) is 17.7 Å². The van der Waals surface area contributed by atoms with E-state index < -0.39 is 69.9 Å². The van der Waals surface area contributed by atoms with Crippen LogP contribution >= 0.6 is 0 Å². The monoisotopic (exact) mass is 1410 g/mol. The number of ether oxygens (including phenoxy) is 3. The average Bonchev–Trinajstić information content (AvgIpc) is 1.60. The van der Waals surface area contributed by atoms with Crippen LogP contribution < -0.4 is 21.3 Å². The topological polar surface area (TPSA) is 358 Å². The summed E-state index contributed by atoms with van der Waals surface area (Å²) in [4.78, 5) is 167. The van der Waals surface area contributed by atoms with Gasteiger partial charge in [0.2, 0.25) is 35.4 Å². The molecule has 10 aliphatic rings. The lowest BCUT2D eigenvalue weighted by molar-refractivity contribution is -0.138. The van der Waals surface area contributed by atoms with Crippen molar-refractivity contribution in [3.8, 4) is 0 Å². The number of hydrogen-bond donors (Lipinski definition) is 6. The Morgan fingerprint density at radius 2 is 0.775 bits per heavy atom. The Balaban J connectivity index is 0.000000152. The van der Waals surface area contributed by atoms with Gasteiger partial charge < -0.3 is 59.1 Å². The highest BCUT2D eigenvalue weighted by Gasteiger charge is 2.47. The Bertz CT molecular complexity index is 3890. The van der Waals surface area contributed by atoms with Crippen LogP contribution in [0.15, 0.2) is 60.7 Å². The molecule has 0 aromatic heterocycles. The first-order chi connectivity index (χ1) is 48.0. The van der Waals surface area contributed by atoms with E-state index in [2.05, 4.69) is 21.3 Å². The number of piperidine rings is 6. The van der Waals surface area contributed by atoms with Crippen molar-refractivity contribution < 1.29 is 86.8 Å². The van der Waals surface area contributed by atoms with Gasteiger partial charge in [0.1, 0.15) is 40.7 Å². The summed E-state index contributed by atoms with van der Waals surface area (Å²) in [7, 11) is 0. The molecule has 0 radical (unpaired) electrons. The number of carbonyl (C=O) groups is 13. The first kappa shape index (κ1) is 75.3. The molecule has 10 aliphatic heterocycles. The number of ketones is 1. The third-order valence-electron chi connectivity index (χ3n) is 19.6. The molecule has 3 unspecified atom stereocenters. The minimum absolute atomic E-state index is 0.182. The first-order valence-corrected chi connectivity index (χ1v) is 35.1. The van der Waals surface area contributed by atoms with Gasteiger partial charge in [-0.2, -0.15) is 0 Å². The number of aliphatic hydroxyl groups is 2. The van der Waals surface area contributed by atoms with Crippen LogP contribution in [-0.2, 0) is 78.6 Å². The lowest BCUT2D eigenvalue weighted by atomic mass is 9.81. The van der Waals surface area contributed by atoms with Crippen LogP contribution in [0.5, 0.6) is 0 Å². The van der Waals surface area contributed by atoms with Gasteiger partial charge in [-0.1, -0.05) is 42.5 Å². The van der Waals surface area contributed by atoms with E-state index in [-0.39, 0.29) is 85.6 Å². The fourth-order valence-corrected chi connectivity index (χ4v) is 14.4. The van der Waals surface area contributed by atoms with E-state index in [1.165, 1.54) is 9.80 Å². The van der Waals surface area contributed by atoms with E-state index in [1.54, 1.807) is 49.9 Å². The first-order valence-electron chi connectivity index (χ1n) is 35.1. The fourth-order valence-electron chi connectivity index (χ4n) is 14.4. The number of benzene rings is 3. The number of imide groups is 3. The molecule has 0 saturated carbocycles. The molecule has 6 saturated heterocycles. The van der Waals surface area contributed by atoms with Crippen LogP contribution in [0.25, 0.3) is 5.57 Å². The van der Waals surface area contributed by atoms with Crippen LogP contribution in [0.4, 0.5) is 14.4 Å². The standard InChI is InChI=1S/C23H29N3O6.C23H27N3O5.C18H21N3O4.C10H17NO3/c1-22(2,3)32-21(30)25-11-9-23(31,10-12-25)16-6-4-5-14-15(16)13-26(20(14)29)17-7-8-18(27)24-19(17)28;1-23(2,3)31-22(30)25-11-9-14(10-12-25)15-5-4-6-16-17(15)13-26(21(16)29)18-7-8-19(27)24-20(18)28;22-15-5-4-14(16(23)20-15)21-10-12-11(17(21)24)2-1-3-13(12)18(25)6-8-19-9-7-18;1-10(2,3)14-9(13)11-6-4-8(12)5-7-11/h4-6,17,31H,7-13H2,1-3H3,(H,24,27,28);4-6,9,18H,7-8,10-13H2,1-3H3,(H,24,27,28);1-3,14,19,25H,4-10H2,(H,20,22,23);4-7H2,1-3H3. The van der Waals surface area contributed by atoms with Crippen LogP contribution in [0.2, 0.25) is 0 Å². The highest BCUT2D eigenvalue weighted by atomic mass is 16.6. The molecular formula is C74H94N10O18. The maximum absolute atomic E-state index is 13.0. The van der Waals surface area contributed by atoms with Crippen LogP contribution in [-0.4, -0.2) is 204 Å². The predicted molar refractivity (Wildman–Crippen MR) is 367 cm³/mol. The molecule has 6 N–H and O–H groups in total. The molecule has 3 aromatic carbocycles. The zero-order valence-electron chi connectivity index (χ0n) is 59.6. The van der Waals surface area contributed by atoms with Crippen LogP contribution in [0.3, 0.4) is 0 Å². The summed E-state index contributed by atoms with van der Waals surface area (Å²) < 4.78 is 16.1. The minimum Gasteiger partial charge on any atom is -0.444 e. The SMILES string of the molecule is CC(C)(C)OC(=O)N1CC=C(c2cccc3c2CN(C2CCC(=O)NC2=O)C3=O)CC1.CC(C)(C)OC(=O)N1CCC(=O)CC1.CC(C)(C)OC(=O)N1CCC(O)(c2cccc3c2CN(C2CCC(=O)NC2=O)C3=O)CC1.O=C1CCC(N2Cc3c(cccc3C3(O)CCNCC3)C2=O)C(=O)N1. The summed E-state index contributed by atoms with van der Waals surface area (Å²) in [6.07, 6.45) is 5.96. The molecule has 28 heteroatoms. The highest BCUT2D eigenvalue weighted by Crippen LogP contribution is 2.42. The van der Waals surface area contributed by atoms with Crippen molar-refractivity contribution >= 4 is 82.8 Å². The number of nitrogens with zero attached hydrogens (tertiary/aromatic N) is 6. The van der Waals surface area contributed by atoms with Gasteiger partial charge >= 0.3 is 18.3 Å². The number of amides is 12. The Hall–Kier alpha value is -9.41. The minimum atomic E-state index is -1.19. The normalized spacial score (nSPS) is 22.6. The van der Waals surface area contributed by atoms with Gasteiger partial charge in [-0.25, -0.2) is 14.4 Å². The van der Waals surface area contributed by atoms with Crippen LogP contribution in [0, 0.1) is 0 Å². The zero-order valence-corrected chi connectivity index (χ0v) is 59.6. The molecule has 12 amide bonds. The summed E-state index contributed by atoms with van der Waals surface area (Å²) in [5, 5.41) is 32.7. The quantitative estimate of drug-likeness (QED) is 0.126. The molecule has 0 bridgehead atoms. The predicted octanol–water partition coefficient (Wildman–Crippen LogP) is 5.74. The number of likely N-dealkylation sites (tertiary alicyclic amines) is 2. The molecule has 548 valence electrons. The smallest absolute Gasteiger partial charge is 0.410 e. The highest BCUT2D eigenvalue weighted by molar-refractivity contribution is 6.08. The van der Waals surface area contributed by atoms with Crippen molar-refractivity contribution in [3.63, 3.8) is 0 Å². The number of Topliss-reactive ketones (excluding diaryl/α,β-unsaturated/α-hetero) is 1. The molecule has 0 spiro atoms. The van der Waals surface area contributed by atoms with E-state index in [9.17, 15) is 72.5 Å². The Morgan fingerprint density at radius 1 is 0.431 bits per heavy atom. The maximum atomic E-state index is 13.0. The number of rotatable bonds is 6. The Labute approximate surface area is 592 Å². The van der Waals surface area contributed by atoms with Crippen LogP contribution in [0.1, 0.15) is 210 Å². The van der Waals surface area contributed by atoms with E-state index in [0.29, 0.717) is 138 Å². The zero-order chi connectivity index (χ0) is 74.0. The lowest BCUT2D eigenvalue weighted by Crippen LogP contribution is -2.52. The fraction of sp³-hybridized carbons (Fsp3) is 0.554. The van der Waals surface area contributed by atoms with E-state index in [4.69, 9.17) is 14.2 Å². The Kier molecular flexibility index (Phi) is 22.3. The average molecular weight is 1410 g/mol. The van der Waals surface area contributed by atoms with Crippen molar-refractivity contribution in [2.24, 2.45) is 0 Å². The second kappa shape index (κ2) is 30.3. The van der Waals surface area contributed by atoms with Crippen molar-refractivity contribution in [1.82, 2.24) is 50.7 Å². The third-order valence-corrected chi connectivity index (χ3v) is 19.6. The molecule has 13 rings (SSSR count). The van der Waals surface area contributed by atoms with Gasteiger partial charge in [-0.3, -0.25) is 63.9 Å². The molecule has 10 heterocycles. The van der Waals surface area contributed by atoms with Crippen molar-refractivity contribution in [3.05, 3.63) is 111 Å². The number of fused-ring (bicyclic) bond motifs is 3. The summed E-state index contributed by atoms with van der Waals surface area (Å²) >= 11 is 0. The summed E-state index contributed by atoms with van der Waals surface area (Å²) in [6.45, 7) is 21.4. The molecule has 28 nitrogen and oxygen atoms in total. The summed E-state index contributed by atoms with van der Waals surface area (Å²) in [6, 6.07) is 14.3. The molecule has 3 atom stereocenters. The van der Waals surface area contributed by atoms with Crippen molar-refractivity contribution in [1.29, 1.82) is 0 Å². The van der Waals surface area contributed by atoms with Gasteiger partial charge in [0.15, 0.2) is 0 Å². The van der Waals surface area contributed by atoms with Crippen molar-refractivity contribution in [2.45, 2.75) is 212 Å². The molecule has 102 heavy (non-hydrogen) atoms. The molecular weight excluding hydrogens is 1320 g/mol. The second-order valence-electron chi connectivity index (χ2n) is 30.4. The van der Waals surface area contributed by atoms with Gasteiger partial charge in [-0.15, -0.1) is 0 Å². The third kappa shape index (κ3) is 17.4. The summed E-state index contributed by atoms with van der Waals surface area (Å²) in [5.41, 5.74) is 3.79. The number of carbonyl (C=O) groups excluding carboxylic acids is 13. The lowest BCUT2D eigenvalue weighted by Gasteiger charge is -2.39. The van der Waals surface area contributed by atoms with Gasteiger partial charge in [0, 0.05) is 108 Å². The van der Waals surface area contributed by atoms with Gasteiger partial charge in [-0.05, 0) is 184 Å². The number of nitrogens with one attached hydrogen (secondary N) is 4. The van der Waals surface area contributed by atoms with Crippen molar-refractivity contribution in [2.75, 3.05) is 52.4 Å². The largest absolute Gasteiger partial charge is 0.444 e. The maximum Gasteiger partial charge on any atom is 0.410 e. The molecule has 6 fully saturated rings. The molecule has 0 aliphatic carbocycles. The van der Waals surface area contributed by atoms with E-state index in [1.807, 2.05) is 92.7 Å².